The molecule has 4 rings (SSSR count). The van der Waals surface area contributed by atoms with Crippen LogP contribution in [0.4, 0.5) is 17.5 Å². The number of anilines is 3. The first-order valence-corrected chi connectivity index (χ1v) is 11.0. The molecule has 3 aromatic rings. The third-order valence-electron chi connectivity index (χ3n) is 5.62. The van der Waals surface area contributed by atoms with Gasteiger partial charge in [-0.3, -0.25) is 4.79 Å². The number of carbonyl (C=O) groups is 2. The number of carbonyl (C=O) groups excluding carboxylic acids is 1. The Labute approximate surface area is 192 Å². The molecule has 1 aliphatic heterocycles. The molecule has 0 unspecified atom stereocenters. The third-order valence-corrected chi connectivity index (χ3v) is 5.62. The van der Waals surface area contributed by atoms with Crippen LogP contribution in [-0.2, 0) is 4.79 Å². The van der Waals surface area contributed by atoms with Crippen LogP contribution in [0.3, 0.4) is 0 Å². The smallest absolute Gasteiger partial charge is 0.336 e. The molecule has 9 heteroatoms. The highest BCUT2D eigenvalue weighted by Gasteiger charge is 2.23. The Hall–Kier alpha value is -3.75. The monoisotopic (exact) mass is 448 g/mol. The van der Waals surface area contributed by atoms with E-state index in [9.17, 15) is 14.7 Å². The summed E-state index contributed by atoms with van der Waals surface area (Å²) in [5.41, 5.74) is 0.728. The van der Waals surface area contributed by atoms with Gasteiger partial charge in [0.15, 0.2) is 0 Å². The molecule has 0 aliphatic carbocycles. The van der Waals surface area contributed by atoms with Gasteiger partial charge in [-0.25, -0.2) is 19.7 Å². The Kier molecular flexibility index (Phi) is 6.13. The van der Waals surface area contributed by atoms with E-state index in [0.717, 1.165) is 19.5 Å². The molecule has 0 atom stereocenters. The maximum Gasteiger partial charge on any atom is 0.336 e. The van der Waals surface area contributed by atoms with Gasteiger partial charge in [-0.05, 0) is 36.8 Å². The minimum Gasteiger partial charge on any atom is -0.478 e. The molecule has 9 nitrogen and oxygen atoms in total. The minimum absolute atomic E-state index is 0.139. The summed E-state index contributed by atoms with van der Waals surface area (Å²) >= 11 is 0. The molecule has 0 spiro atoms. The molecule has 1 aromatic carbocycles. The number of rotatable bonds is 4. The molecule has 172 valence electrons. The topological polar surface area (TPSA) is 112 Å². The van der Waals surface area contributed by atoms with Crippen LogP contribution in [0.1, 0.15) is 37.6 Å². The summed E-state index contributed by atoms with van der Waals surface area (Å²) in [5.74, 6) is 0.154. The molecule has 3 heterocycles. The summed E-state index contributed by atoms with van der Waals surface area (Å²) in [6, 6.07) is 8.60. The zero-order chi connectivity index (χ0) is 23.6. The van der Waals surface area contributed by atoms with Gasteiger partial charge < -0.3 is 20.2 Å². The van der Waals surface area contributed by atoms with E-state index in [-0.39, 0.29) is 11.5 Å². The second kappa shape index (κ2) is 9.01. The van der Waals surface area contributed by atoms with Crippen LogP contribution in [-0.4, -0.2) is 58.1 Å². The van der Waals surface area contributed by atoms with Crippen molar-refractivity contribution in [1.82, 2.24) is 15.0 Å². The van der Waals surface area contributed by atoms with Crippen LogP contribution < -0.4 is 15.1 Å². The van der Waals surface area contributed by atoms with E-state index in [4.69, 9.17) is 4.98 Å². The van der Waals surface area contributed by atoms with Crippen molar-refractivity contribution in [2.45, 2.75) is 27.2 Å². The minimum atomic E-state index is -1.03. The molecule has 0 saturated carbocycles. The van der Waals surface area contributed by atoms with Gasteiger partial charge in [-0.1, -0.05) is 20.8 Å². The Morgan fingerprint density at radius 1 is 1.00 bits per heavy atom. The summed E-state index contributed by atoms with van der Waals surface area (Å²) in [6.45, 7) is 8.43. The average molecular weight is 449 g/mol. The standard InChI is InChI=1S/C24H28N6O3/c1-24(2,3)22(33)27-16-6-7-19-17(14-16)18(21(31)32)15-20(28-19)29-10-5-11-30(13-12-29)23-25-8-4-9-26-23/h4,6-9,14-15H,5,10-13H2,1-3H3,(H,27,33)(H,31,32). The highest BCUT2D eigenvalue weighted by molar-refractivity contribution is 6.05. The average Bonchev–Trinajstić information content (AvgIpc) is 3.04. The predicted octanol–water partition coefficient (Wildman–Crippen LogP) is 3.42. The van der Waals surface area contributed by atoms with Crippen LogP contribution in [0.5, 0.6) is 0 Å². The number of aromatic carboxylic acids is 1. The number of aromatic nitrogens is 3. The molecule has 2 N–H and O–H groups in total. The van der Waals surface area contributed by atoms with Crippen LogP contribution in [0.2, 0.25) is 0 Å². The second-order valence-electron chi connectivity index (χ2n) is 9.15. The van der Waals surface area contributed by atoms with E-state index < -0.39 is 11.4 Å². The second-order valence-corrected chi connectivity index (χ2v) is 9.15. The van der Waals surface area contributed by atoms with Gasteiger partial charge in [0.05, 0.1) is 11.1 Å². The first kappa shape index (κ1) is 22.4. The van der Waals surface area contributed by atoms with Crippen molar-refractivity contribution in [3.05, 3.63) is 48.3 Å². The lowest BCUT2D eigenvalue weighted by Crippen LogP contribution is -2.32. The number of amides is 1. The van der Waals surface area contributed by atoms with Crippen molar-refractivity contribution in [1.29, 1.82) is 0 Å². The van der Waals surface area contributed by atoms with Gasteiger partial charge in [0.2, 0.25) is 11.9 Å². The molecular formula is C24H28N6O3. The molecule has 0 bridgehead atoms. The Morgan fingerprint density at radius 3 is 2.39 bits per heavy atom. The summed E-state index contributed by atoms with van der Waals surface area (Å²) in [7, 11) is 0. The van der Waals surface area contributed by atoms with E-state index >= 15 is 0 Å². The maximum absolute atomic E-state index is 12.3. The van der Waals surface area contributed by atoms with Crippen LogP contribution in [0.25, 0.3) is 10.9 Å². The molecule has 1 amide bonds. The Bertz CT molecular complexity index is 1180. The normalized spacial score (nSPS) is 14.8. The number of hydrogen-bond donors (Lipinski definition) is 2. The summed E-state index contributed by atoms with van der Waals surface area (Å²) in [6.07, 6.45) is 4.33. The van der Waals surface area contributed by atoms with Crippen LogP contribution in [0, 0.1) is 5.41 Å². The number of hydrogen-bond acceptors (Lipinski definition) is 7. The fourth-order valence-electron chi connectivity index (χ4n) is 3.75. The fourth-order valence-corrected chi connectivity index (χ4v) is 3.75. The number of pyridine rings is 1. The van der Waals surface area contributed by atoms with E-state index in [1.54, 1.807) is 42.7 Å². The summed E-state index contributed by atoms with van der Waals surface area (Å²) < 4.78 is 0. The van der Waals surface area contributed by atoms with Crippen molar-refractivity contribution >= 4 is 40.2 Å². The van der Waals surface area contributed by atoms with Gasteiger partial charge >= 0.3 is 5.97 Å². The van der Waals surface area contributed by atoms with E-state index in [1.165, 1.54) is 0 Å². The predicted molar refractivity (Wildman–Crippen MR) is 128 cm³/mol. The SMILES string of the molecule is CC(C)(C)C(=O)Nc1ccc2nc(N3CCCN(c4ncccn4)CC3)cc(C(=O)O)c2c1. The van der Waals surface area contributed by atoms with Crippen molar-refractivity contribution in [2.75, 3.05) is 41.3 Å². The summed E-state index contributed by atoms with van der Waals surface area (Å²) in [4.78, 5) is 42.1. The van der Waals surface area contributed by atoms with Crippen molar-refractivity contribution in [3.63, 3.8) is 0 Å². The quantitative estimate of drug-likeness (QED) is 0.624. The van der Waals surface area contributed by atoms with E-state index in [1.807, 2.05) is 20.8 Å². The lowest BCUT2D eigenvalue weighted by molar-refractivity contribution is -0.123. The largest absolute Gasteiger partial charge is 0.478 e. The molecule has 2 aromatic heterocycles. The van der Waals surface area contributed by atoms with Gasteiger partial charge in [0.1, 0.15) is 5.82 Å². The number of nitrogens with zero attached hydrogens (tertiary/aromatic N) is 5. The third kappa shape index (κ3) is 5.02. The number of benzene rings is 1. The zero-order valence-corrected chi connectivity index (χ0v) is 19.1. The number of fused-ring (bicyclic) bond motifs is 1. The fraction of sp³-hybridized carbons (Fsp3) is 0.375. The van der Waals surface area contributed by atoms with Gasteiger partial charge in [0.25, 0.3) is 0 Å². The number of nitrogens with one attached hydrogen (secondary N) is 1. The molecule has 1 fully saturated rings. The van der Waals surface area contributed by atoms with Crippen LogP contribution >= 0.6 is 0 Å². The molecular weight excluding hydrogens is 420 g/mol. The lowest BCUT2D eigenvalue weighted by Gasteiger charge is -2.23. The number of carboxylic acids is 1. The van der Waals surface area contributed by atoms with Crippen molar-refractivity contribution in [3.8, 4) is 0 Å². The summed E-state index contributed by atoms with van der Waals surface area (Å²) in [5, 5.41) is 13.2. The van der Waals surface area contributed by atoms with Gasteiger partial charge in [-0.2, -0.15) is 0 Å². The van der Waals surface area contributed by atoms with Crippen LogP contribution in [0.15, 0.2) is 42.7 Å². The van der Waals surface area contributed by atoms with Crippen molar-refractivity contribution < 1.29 is 14.7 Å². The van der Waals surface area contributed by atoms with Gasteiger partial charge in [0, 0.05) is 55.1 Å². The highest BCUT2D eigenvalue weighted by atomic mass is 16.4. The highest BCUT2D eigenvalue weighted by Crippen LogP contribution is 2.28. The zero-order valence-electron chi connectivity index (χ0n) is 19.1. The Balaban J connectivity index is 1.62. The molecule has 1 aliphatic rings. The molecule has 1 saturated heterocycles. The number of carboxylic acid groups (broad SMARTS) is 1. The lowest BCUT2D eigenvalue weighted by atomic mass is 9.95. The van der Waals surface area contributed by atoms with Gasteiger partial charge in [-0.15, -0.1) is 0 Å². The van der Waals surface area contributed by atoms with Crippen molar-refractivity contribution in [2.24, 2.45) is 5.41 Å². The first-order valence-electron chi connectivity index (χ1n) is 11.0. The molecule has 0 radical (unpaired) electrons. The Morgan fingerprint density at radius 2 is 1.70 bits per heavy atom. The van der Waals surface area contributed by atoms with E-state index in [0.29, 0.717) is 41.4 Å². The van der Waals surface area contributed by atoms with E-state index in [2.05, 4.69) is 25.1 Å². The first-order chi connectivity index (χ1) is 15.7. The maximum atomic E-state index is 12.3. The molecule has 33 heavy (non-hydrogen) atoms.